The van der Waals surface area contributed by atoms with Crippen molar-refractivity contribution in [1.29, 1.82) is 0 Å². The van der Waals surface area contributed by atoms with Gasteiger partial charge in [0, 0.05) is 39.0 Å². The van der Waals surface area contributed by atoms with Crippen molar-refractivity contribution in [1.82, 2.24) is 0 Å². The highest BCUT2D eigenvalue weighted by Gasteiger charge is 2.15. The van der Waals surface area contributed by atoms with E-state index in [0.29, 0.717) is 0 Å². The summed E-state index contributed by atoms with van der Waals surface area (Å²) in [5.41, 5.74) is 5.78. The number of thiophene rings is 4. The molecule has 0 radical (unpaired) electrons. The van der Waals surface area contributed by atoms with Crippen molar-refractivity contribution in [3.8, 4) is 40.4 Å². The molecule has 0 aliphatic heterocycles. The van der Waals surface area contributed by atoms with Crippen molar-refractivity contribution in [3.05, 3.63) is 81.5 Å². The van der Waals surface area contributed by atoms with Crippen LogP contribution in [-0.4, -0.2) is 0 Å². The highest BCUT2D eigenvalue weighted by atomic mass is 32.1. The molecule has 0 saturated heterocycles. The molecule has 4 heterocycles. The predicted octanol–water partition coefficient (Wildman–Crippen LogP) is 18.1. The third kappa shape index (κ3) is 13.1. The summed E-state index contributed by atoms with van der Waals surface area (Å²) in [6, 6.07) is 23.7. The lowest BCUT2D eigenvalue weighted by molar-refractivity contribution is 0.556. The van der Waals surface area contributed by atoms with Crippen molar-refractivity contribution >= 4 is 45.3 Å². The fourth-order valence-electron chi connectivity index (χ4n) is 7.56. The number of aryl methyl sites for hydroxylation is 4. The first kappa shape index (κ1) is 41.2. The van der Waals surface area contributed by atoms with Gasteiger partial charge in [0.15, 0.2) is 0 Å². The molecule has 5 aromatic rings. The summed E-state index contributed by atoms with van der Waals surface area (Å²) < 4.78 is 0. The van der Waals surface area contributed by atoms with Crippen LogP contribution in [0.5, 0.6) is 0 Å². The molecule has 0 nitrogen and oxygen atoms in total. The van der Waals surface area contributed by atoms with Crippen LogP contribution in [0, 0.1) is 13.8 Å². The van der Waals surface area contributed by atoms with Crippen LogP contribution in [-0.2, 0) is 12.8 Å². The second kappa shape index (κ2) is 23.1. The number of benzene rings is 1. The van der Waals surface area contributed by atoms with Crippen LogP contribution in [0.1, 0.15) is 163 Å². The van der Waals surface area contributed by atoms with Gasteiger partial charge in [0.2, 0.25) is 0 Å². The SMILES string of the molecule is CCCCCCCCCCCCc1cc(C)sc1-c1ccc(-c2ccc(-c3ccc(-c4sc(C)cc4CCCCCCCCCCCC)s3)cc2)s1. The monoisotopic (exact) mass is 770 g/mol. The molecule has 4 heteroatoms. The van der Waals surface area contributed by atoms with E-state index in [9.17, 15) is 0 Å². The van der Waals surface area contributed by atoms with Crippen molar-refractivity contribution < 1.29 is 0 Å². The van der Waals surface area contributed by atoms with E-state index >= 15 is 0 Å². The van der Waals surface area contributed by atoms with E-state index in [4.69, 9.17) is 0 Å². The average molecular weight is 771 g/mol. The topological polar surface area (TPSA) is 0 Å². The molecular formula is C48H66S4. The summed E-state index contributed by atoms with van der Waals surface area (Å²) >= 11 is 7.89. The Kier molecular flexibility index (Phi) is 18.3. The third-order valence-electron chi connectivity index (χ3n) is 10.6. The molecule has 282 valence electrons. The zero-order chi connectivity index (χ0) is 36.4. The van der Waals surface area contributed by atoms with E-state index in [-0.39, 0.29) is 0 Å². The molecule has 0 fully saturated rings. The van der Waals surface area contributed by atoms with E-state index in [2.05, 4.69) is 88.4 Å². The number of hydrogen-bond donors (Lipinski definition) is 0. The summed E-state index contributed by atoms with van der Waals surface area (Å²) in [7, 11) is 0. The Morgan fingerprint density at radius 2 is 0.654 bits per heavy atom. The smallest absolute Gasteiger partial charge is 0.0477 e. The quantitative estimate of drug-likeness (QED) is 0.0491. The fraction of sp³-hybridized carbons (Fsp3) is 0.542. The number of rotatable bonds is 26. The van der Waals surface area contributed by atoms with Gasteiger partial charge >= 0.3 is 0 Å². The Bertz CT molecular complexity index is 1560. The van der Waals surface area contributed by atoms with Gasteiger partial charge in [0.05, 0.1) is 0 Å². The summed E-state index contributed by atoms with van der Waals surface area (Å²) in [5, 5.41) is 0. The Morgan fingerprint density at radius 1 is 0.346 bits per heavy atom. The molecular weight excluding hydrogens is 705 g/mol. The van der Waals surface area contributed by atoms with Gasteiger partial charge in [0.25, 0.3) is 0 Å². The molecule has 1 aromatic carbocycles. The minimum absolute atomic E-state index is 1.22. The second-order valence-corrected chi connectivity index (χ2v) is 19.9. The van der Waals surface area contributed by atoms with Crippen LogP contribution in [0.3, 0.4) is 0 Å². The first-order valence-corrected chi connectivity index (χ1v) is 24.3. The lowest BCUT2D eigenvalue weighted by Crippen LogP contribution is -1.86. The third-order valence-corrected chi connectivity index (χ3v) is 15.4. The molecule has 0 bridgehead atoms. The summed E-state index contributed by atoms with van der Waals surface area (Å²) in [5.74, 6) is 0. The van der Waals surface area contributed by atoms with Crippen LogP contribution in [0.25, 0.3) is 40.4 Å². The molecule has 0 atom stereocenters. The molecule has 0 aliphatic carbocycles. The van der Waals surface area contributed by atoms with Gasteiger partial charge in [0.1, 0.15) is 0 Å². The standard InChI is InChI=1S/C48H66S4/c1-5-7-9-11-13-15-17-19-21-23-25-41-35-37(3)49-47(41)45-33-31-43(51-45)39-27-29-40(30-28-39)44-32-34-46(52-44)48-42(36-38(4)50-48)26-24-22-20-18-16-14-12-10-8-6-2/h27-36H,5-26H2,1-4H3. The molecule has 0 saturated carbocycles. The minimum atomic E-state index is 1.22. The Labute approximate surface area is 334 Å². The first-order chi connectivity index (χ1) is 25.6. The van der Waals surface area contributed by atoms with Crippen LogP contribution in [0.15, 0.2) is 60.7 Å². The number of hydrogen-bond acceptors (Lipinski definition) is 4. The zero-order valence-electron chi connectivity index (χ0n) is 33.0. The molecule has 5 rings (SSSR count). The lowest BCUT2D eigenvalue weighted by Gasteiger charge is -2.04. The highest BCUT2D eigenvalue weighted by Crippen LogP contribution is 2.43. The van der Waals surface area contributed by atoms with Crippen molar-refractivity contribution in [2.75, 3.05) is 0 Å². The van der Waals surface area contributed by atoms with Gasteiger partial charge in [-0.15, -0.1) is 45.3 Å². The summed E-state index contributed by atoms with van der Waals surface area (Å²) in [6.07, 6.45) is 30.4. The second-order valence-electron chi connectivity index (χ2n) is 15.2. The maximum absolute atomic E-state index is 2.45. The van der Waals surface area contributed by atoms with E-state index in [0.717, 1.165) is 0 Å². The highest BCUT2D eigenvalue weighted by molar-refractivity contribution is 7.24. The van der Waals surface area contributed by atoms with Gasteiger partial charge in [-0.3, -0.25) is 0 Å². The van der Waals surface area contributed by atoms with Crippen LogP contribution >= 0.6 is 45.3 Å². The lowest BCUT2D eigenvalue weighted by atomic mass is 10.0. The van der Waals surface area contributed by atoms with Gasteiger partial charge in [-0.05, 0) is 98.2 Å². The minimum Gasteiger partial charge on any atom is -0.139 e. The van der Waals surface area contributed by atoms with E-state index in [1.807, 2.05) is 45.3 Å². The largest absolute Gasteiger partial charge is 0.139 e. The molecule has 0 N–H and O–H groups in total. The first-order valence-electron chi connectivity index (χ1n) is 21.1. The van der Waals surface area contributed by atoms with E-state index in [1.54, 1.807) is 11.1 Å². The fourth-order valence-corrected chi connectivity index (χ4v) is 12.0. The molecule has 4 aromatic heterocycles. The van der Waals surface area contributed by atoms with Crippen molar-refractivity contribution in [3.63, 3.8) is 0 Å². The molecule has 0 unspecified atom stereocenters. The van der Waals surface area contributed by atoms with E-state index in [1.165, 1.54) is 191 Å². The maximum atomic E-state index is 2.45. The van der Waals surface area contributed by atoms with Crippen LogP contribution < -0.4 is 0 Å². The summed E-state index contributed by atoms with van der Waals surface area (Å²) in [4.78, 5) is 11.5. The Hall–Kier alpha value is -1.98. The average Bonchev–Trinajstić information content (AvgIpc) is 3.97. The Morgan fingerprint density at radius 3 is 1.00 bits per heavy atom. The maximum Gasteiger partial charge on any atom is 0.0477 e. The van der Waals surface area contributed by atoms with Crippen LogP contribution in [0.2, 0.25) is 0 Å². The zero-order valence-corrected chi connectivity index (χ0v) is 36.2. The van der Waals surface area contributed by atoms with Gasteiger partial charge in [-0.25, -0.2) is 0 Å². The molecule has 0 spiro atoms. The predicted molar refractivity (Wildman–Crippen MR) is 240 cm³/mol. The normalized spacial score (nSPS) is 11.6. The number of unbranched alkanes of at least 4 members (excludes halogenated alkanes) is 18. The van der Waals surface area contributed by atoms with Gasteiger partial charge < -0.3 is 0 Å². The van der Waals surface area contributed by atoms with Crippen LogP contribution in [0.4, 0.5) is 0 Å². The Balaban J connectivity index is 1.10. The van der Waals surface area contributed by atoms with Gasteiger partial charge in [-0.2, -0.15) is 0 Å². The van der Waals surface area contributed by atoms with Gasteiger partial charge in [-0.1, -0.05) is 154 Å². The van der Waals surface area contributed by atoms with Crippen molar-refractivity contribution in [2.24, 2.45) is 0 Å². The molecule has 0 amide bonds. The summed E-state index contributed by atoms with van der Waals surface area (Å²) in [6.45, 7) is 9.16. The molecule has 52 heavy (non-hydrogen) atoms. The molecule has 0 aliphatic rings. The van der Waals surface area contributed by atoms with E-state index < -0.39 is 0 Å². The van der Waals surface area contributed by atoms with Crippen molar-refractivity contribution in [2.45, 2.75) is 169 Å².